The average Bonchev–Trinajstić information content (AvgIpc) is 0.846. The zero-order valence-electron chi connectivity index (χ0n) is 63.7. The molecule has 0 aliphatic heterocycles. The van der Waals surface area contributed by atoms with E-state index in [0.29, 0.717) is 0 Å². The van der Waals surface area contributed by atoms with Crippen molar-refractivity contribution in [2.45, 2.75) is 0 Å². The van der Waals surface area contributed by atoms with Crippen molar-refractivity contribution in [3.05, 3.63) is 455 Å². The van der Waals surface area contributed by atoms with Crippen molar-refractivity contribution in [3.8, 4) is 0 Å². The molecule has 15 aromatic carbocycles. The molecule has 616 valence electrons. The molecule has 0 saturated heterocycles. The zero-order chi connectivity index (χ0) is 83.1. The molecule has 6 nitrogen and oxygen atoms in total. The molecule has 0 aromatic heterocycles. The molecule has 0 fully saturated rings. The first-order chi connectivity index (χ1) is 56.6. The summed E-state index contributed by atoms with van der Waals surface area (Å²) in [5, 5.41) is 20.4. The topological polar surface area (TPSA) is 114 Å². The Morgan fingerprint density at radius 1 is 0.161 bits per heavy atom. The van der Waals surface area contributed by atoms with E-state index in [4.69, 9.17) is 92.8 Å². The third-order valence-electron chi connectivity index (χ3n) is 16.2. The fraction of sp³-hybridized carbons (Fsp3) is 0.0526. The zero-order valence-corrected chi connectivity index (χ0v) is 79.4. The van der Waals surface area contributed by atoms with Crippen LogP contribution in [-0.2, 0) is 65.0 Å². The Bertz CT molecular complexity index is 4000. The number of halogens is 8. The van der Waals surface area contributed by atoms with Crippen LogP contribution in [0.1, 0.15) is 0 Å². The van der Waals surface area contributed by atoms with E-state index < -0.39 is 64.9 Å². The maximum absolute atomic E-state index is 9.51. The molecule has 0 unspecified atom stereocenters. The smallest absolute Gasteiger partial charge is 0.747 e. The molecule has 0 heterocycles. The molecular weight excluding hydrogens is 1960 g/mol. The Labute approximate surface area is 776 Å². The molecule has 118 heavy (non-hydrogen) atoms. The summed E-state index contributed by atoms with van der Waals surface area (Å²) in [6.45, 7) is 0. The first kappa shape index (κ1) is 104. The van der Waals surface area contributed by atoms with Crippen molar-refractivity contribution < 1.29 is 70.7 Å². The van der Waals surface area contributed by atoms with Crippen LogP contribution in [0.25, 0.3) is 0 Å². The van der Waals surface area contributed by atoms with Gasteiger partial charge in [-0.3, -0.25) is 0 Å². The Hall–Kier alpha value is -5.93. The fourth-order valence-corrected chi connectivity index (χ4v) is 26.1. The van der Waals surface area contributed by atoms with Crippen molar-refractivity contribution in [2.24, 2.45) is 0 Å². The minimum atomic E-state index is -4.93. The molecule has 0 aliphatic rings. The molecule has 15 rings (SSSR count). The molecule has 15 aromatic rings. The van der Waals surface area contributed by atoms with Gasteiger partial charge in [-0.05, 0) is 182 Å². The second-order valence-electron chi connectivity index (χ2n) is 24.0. The predicted molar refractivity (Wildman–Crippen MR) is 523 cm³/mol. The monoisotopic (exact) mass is 2040 g/mol. The Balaban J connectivity index is 0.000000291. The number of alkyl halides is 8. The molecule has 0 bridgehead atoms. The van der Waals surface area contributed by atoms with E-state index in [1.807, 2.05) is 0 Å². The van der Waals surface area contributed by atoms with Gasteiger partial charge in [-0.1, -0.05) is 273 Å². The molecule has 0 spiro atoms. The van der Waals surface area contributed by atoms with Crippen LogP contribution in [0.3, 0.4) is 0 Å². The second kappa shape index (κ2) is 63.1. The maximum Gasteiger partial charge on any atom is 1.00 e. The van der Waals surface area contributed by atoms with Crippen LogP contribution in [0.5, 0.6) is 0 Å². The first-order valence-corrected chi connectivity index (χ1v) is 51.1. The normalized spacial score (nSPS) is 10.2. The van der Waals surface area contributed by atoms with E-state index in [1.165, 1.54) is 79.6 Å². The molecule has 0 atom stereocenters. The molecule has 0 saturated carbocycles. The van der Waals surface area contributed by atoms with Gasteiger partial charge in [0.25, 0.3) is 0 Å². The van der Waals surface area contributed by atoms with Crippen LogP contribution in [-0.4, -0.2) is 52.4 Å². The molecular formula is C95H90Ag2Cl8O6P5S2+5. The van der Waals surface area contributed by atoms with Crippen LogP contribution < -0.4 is 79.6 Å². The van der Waals surface area contributed by atoms with E-state index in [2.05, 4.69) is 455 Å². The van der Waals surface area contributed by atoms with E-state index in [9.17, 15) is 25.9 Å². The fourth-order valence-electron chi connectivity index (χ4n) is 11.7. The minimum absolute atomic E-state index is 0. The van der Waals surface area contributed by atoms with Gasteiger partial charge in [-0.25, -0.2) is 16.8 Å². The third-order valence-corrected chi connectivity index (χ3v) is 32.2. The summed E-state index contributed by atoms with van der Waals surface area (Å²) >= 11 is 38.1. The van der Waals surface area contributed by atoms with Crippen molar-refractivity contribution >= 4 is 232 Å². The van der Waals surface area contributed by atoms with Gasteiger partial charge in [0.2, 0.25) is 0 Å². The Kier molecular flexibility index (Phi) is 55.8. The molecule has 0 aliphatic carbocycles. The quantitative estimate of drug-likeness (QED) is 0.0388. The number of hydrogen-bond donors (Lipinski definition) is 0. The van der Waals surface area contributed by atoms with E-state index in [-0.39, 0.29) is 66.1 Å². The number of hydrogen-bond acceptors (Lipinski definition) is 6. The number of benzene rings is 15. The maximum atomic E-state index is 9.51. The van der Waals surface area contributed by atoms with E-state index in [0.717, 1.165) is 0 Å². The van der Waals surface area contributed by atoms with Gasteiger partial charge in [-0.15, -0.1) is 92.8 Å². The first-order valence-electron chi connectivity index (χ1n) is 36.1. The number of rotatable bonds is 17. The molecule has 0 amide bonds. The van der Waals surface area contributed by atoms with Crippen molar-refractivity contribution in [2.75, 3.05) is 26.4 Å². The van der Waals surface area contributed by atoms with Gasteiger partial charge in [0.15, 0.2) is 0 Å². The average molecular weight is 2050 g/mol. The molecule has 0 radical (unpaired) electrons. The van der Waals surface area contributed by atoms with Gasteiger partial charge in [0.05, 0.1) is 61.0 Å². The van der Waals surface area contributed by atoms with Crippen LogP contribution in [0, 0.1) is 0 Å². The molecule has 0 N–H and O–H groups in total. The Morgan fingerprint density at radius 2 is 0.220 bits per heavy atom. The summed E-state index contributed by atoms with van der Waals surface area (Å²) in [5.74, 6) is 0. The van der Waals surface area contributed by atoms with Gasteiger partial charge in [-0.2, -0.15) is 0 Å². The van der Waals surface area contributed by atoms with Crippen molar-refractivity contribution in [1.82, 2.24) is 0 Å². The summed E-state index contributed by atoms with van der Waals surface area (Å²) in [7, 11) is -14.3. The predicted octanol–water partition coefficient (Wildman–Crippen LogP) is 19.6. The second-order valence-corrected chi connectivity index (χ2v) is 42.8. The van der Waals surface area contributed by atoms with E-state index >= 15 is 0 Å². The summed E-state index contributed by atoms with van der Waals surface area (Å²) in [6.07, 6.45) is 0. The standard InChI is InChI=1S/5C18H15P.4CH2Cl2.CH4O6S2.2Ag/c5*1-4-10-16(11-5-1)19(17-12-6-2-7-13-17)18-14-8-3-9-15-18;4*2-1-3;2-8(3,4)1-9(5,6)7;;/h5*1-15H;4*1H2;1H2,(H,2,3,4)(H,5,6,7);;/q;;;;;;;;;;2*+1/p+3. The SMILES string of the molecule is ClCCl.ClCCl.ClCCl.ClCCl.O=S(=O)([O-])CS(=O)(=O)[O-].[Ag+].[Ag+].c1ccc([PH+](c2ccccc2)c2ccccc2)cc1.c1ccc([PH+](c2ccccc2)c2ccccc2)cc1.c1ccc([PH+](c2ccccc2)c2ccccc2)cc1.c1ccc([PH+](c2ccccc2)c2ccccc2)cc1.c1ccc([PH+](c2ccccc2)c2ccccc2)cc1. The molecule has 23 heteroatoms. The summed E-state index contributed by atoms with van der Waals surface area (Å²) in [5.41, 5.74) is 0. The van der Waals surface area contributed by atoms with Gasteiger partial charge in [0.1, 0.15) is 105 Å². The van der Waals surface area contributed by atoms with Crippen molar-refractivity contribution in [3.63, 3.8) is 0 Å². The van der Waals surface area contributed by atoms with Crippen LogP contribution in [0.15, 0.2) is 455 Å². The minimum Gasteiger partial charge on any atom is -0.747 e. The third kappa shape index (κ3) is 40.4. The summed E-state index contributed by atoms with van der Waals surface area (Å²) in [6, 6.07) is 162. The van der Waals surface area contributed by atoms with Crippen molar-refractivity contribution in [1.29, 1.82) is 0 Å². The largest absolute Gasteiger partial charge is 1.00 e. The Morgan fingerprint density at radius 3 is 0.263 bits per heavy atom. The van der Waals surface area contributed by atoms with Crippen LogP contribution in [0.4, 0.5) is 0 Å². The van der Waals surface area contributed by atoms with E-state index in [1.54, 1.807) is 0 Å². The van der Waals surface area contributed by atoms with Crippen LogP contribution >= 0.6 is 132 Å². The van der Waals surface area contributed by atoms with Gasteiger partial charge in [0, 0.05) is 0 Å². The van der Waals surface area contributed by atoms with Gasteiger partial charge < -0.3 is 9.11 Å². The van der Waals surface area contributed by atoms with Gasteiger partial charge >= 0.3 is 44.8 Å². The summed E-state index contributed by atoms with van der Waals surface area (Å²) in [4.78, 5) is 0. The summed E-state index contributed by atoms with van der Waals surface area (Å²) < 4.78 is 57.1. The van der Waals surface area contributed by atoms with Crippen LogP contribution in [0.2, 0.25) is 0 Å².